The number of nitriles is 1. The molecule has 7 saturated carbocycles. The number of amides is 2. The maximum atomic E-state index is 13.8. The second-order valence-electron chi connectivity index (χ2n) is 18.6. The number of halogens is 1. The summed E-state index contributed by atoms with van der Waals surface area (Å²) < 4.78 is 25.9. The molecule has 9 aliphatic rings. The molecule has 0 radical (unpaired) electrons. The van der Waals surface area contributed by atoms with Gasteiger partial charge in [0.25, 0.3) is 0 Å². The van der Waals surface area contributed by atoms with Gasteiger partial charge in [-0.2, -0.15) is 5.26 Å². The van der Waals surface area contributed by atoms with E-state index in [0.717, 1.165) is 135 Å². The van der Waals surface area contributed by atoms with Crippen LogP contribution in [0.15, 0.2) is 0 Å². The van der Waals surface area contributed by atoms with Gasteiger partial charge in [0, 0.05) is 36.0 Å². The van der Waals surface area contributed by atoms with Crippen molar-refractivity contribution in [3.63, 3.8) is 0 Å². The van der Waals surface area contributed by atoms with Crippen molar-refractivity contribution >= 4 is 24.3 Å². The Hall–Kier alpha value is -2.78. The quantitative estimate of drug-likeness (QED) is 0.112. The van der Waals surface area contributed by atoms with Crippen LogP contribution in [0.2, 0.25) is 0 Å². The highest BCUT2D eigenvalue weighted by molar-refractivity contribution is 5.80. The minimum atomic E-state index is -1.14. The van der Waals surface area contributed by atoms with E-state index in [2.05, 4.69) is 23.6 Å². The summed E-state index contributed by atoms with van der Waals surface area (Å²) in [6.45, 7) is 6.16. The highest BCUT2D eigenvalue weighted by atomic mass is 19.1. The third-order valence-corrected chi connectivity index (χ3v) is 15.3. The molecule has 2 unspecified atom stereocenters. The summed E-state index contributed by atoms with van der Waals surface area (Å²) in [4.78, 5) is 52.8. The van der Waals surface area contributed by atoms with Gasteiger partial charge in [-0.1, -0.05) is 26.2 Å². The first-order chi connectivity index (χ1) is 26.5. The molecule has 0 aromatic carbocycles. The van der Waals surface area contributed by atoms with Crippen LogP contribution in [-0.2, 0) is 28.7 Å². The third kappa shape index (κ3) is 9.68. The van der Waals surface area contributed by atoms with Crippen molar-refractivity contribution in [3.05, 3.63) is 0 Å². The van der Waals surface area contributed by atoms with Gasteiger partial charge in [-0.05, 0) is 129 Å². The molecular formula is C43H68FN5O6. The predicted octanol–water partition coefficient (Wildman–Crippen LogP) is 6.28. The normalized spacial score (nSPS) is 34.7. The number of ether oxygens (including phenoxy) is 2. The molecule has 2 atom stereocenters. The zero-order valence-electron chi connectivity index (χ0n) is 33.6. The van der Waals surface area contributed by atoms with Gasteiger partial charge >= 0.3 is 11.9 Å². The second kappa shape index (κ2) is 18.2. The largest absolute Gasteiger partial charge is 0.465 e. The number of alkyl halides is 1. The van der Waals surface area contributed by atoms with Crippen LogP contribution < -0.4 is 10.6 Å². The lowest BCUT2D eigenvalue weighted by Crippen LogP contribution is -2.58. The number of rotatable bonds is 15. The molecule has 2 amide bonds. The standard InChI is InChI=1S/C38H59FN4O5.C5H9NO/c1-2-41-37-17-11-36(12-18-37,13-19-37)33(46)48-28-34(8-4-3-5-9-34)10-6-7-23-47-32(45)35-14-20-38(21-15-35,22-16-35)42-26-31(44)43-27-29(39)24-30(43)25-40;7-5-6-3-1-2-4-6/h29-30,41-42H,2-24,26-28H2,1H3;5H,1-4H2. The fraction of sp³-hybridized carbons (Fsp3) is 0.884. The molecule has 0 aromatic heterocycles. The molecule has 7 aliphatic carbocycles. The van der Waals surface area contributed by atoms with Crippen molar-refractivity contribution in [2.45, 2.75) is 178 Å². The number of esters is 2. The lowest BCUT2D eigenvalue weighted by Gasteiger charge is -2.52. The predicted molar refractivity (Wildman–Crippen MR) is 206 cm³/mol. The van der Waals surface area contributed by atoms with Gasteiger partial charge in [0.1, 0.15) is 12.2 Å². The molecule has 9 fully saturated rings. The molecule has 11 nitrogen and oxygen atoms in total. The number of likely N-dealkylation sites (tertiary alicyclic amines) is 2. The number of carbonyl (C=O) groups excluding carboxylic acids is 4. The van der Waals surface area contributed by atoms with Crippen LogP contribution in [0.1, 0.15) is 155 Å². The molecule has 0 aromatic rings. The minimum absolute atomic E-state index is 0.00621. The summed E-state index contributed by atoms with van der Waals surface area (Å²) in [5, 5.41) is 16.4. The Kier molecular flexibility index (Phi) is 13.9. The number of nitrogens with zero attached hydrogens (tertiary/aromatic N) is 3. The van der Waals surface area contributed by atoms with E-state index in [1.165, 1.54) is 37.0 Å². The maximum absolute atomic E-state index is 13.8. The zero-order valence-corrected chi connectivity index (χ0v) is 33.6. The fourth-order valence-corrected chi connectivity index (χ4v) is 11.3. The third-order valence-electron chi connectivity index (χ3n) is 15.3. The Morgan fingerprint density at radius 3 is 1.87 bits per heavy atom. The van der Waals surface area contributed by atoms with Gasteiger partial charge in [0.15, 0.2) is 0 Å². The SMILES string of the molecule is CCNC12CCC(C(=O)OCC3(CCCCOC(=O)C45CCC(NCC(=O)N6CC(F)CC6C#N)(CC4)CC5)CCCCC3)(CC1)CC2.O=CN1CCCC1. The van der Waals surface area contributed by atoms with E-state index >= 15 is 0 Å². The van der Waals surface area contributed by atoms with Gasteiger partial charge in [-0.15, -0.1) is 0 Å². The molecule has 2 saturated heterocycles. The molecule has 4 bridgehead atoms. The Balaban J connectivity index is 0.000000661. The summed E-state index contributed by atoms with van der Waals surface area (Å²) >= 11 is 0. The van der Waals surface area contributed by atoms with E-state index in [-0.39, 0.29) is 59.3 Å². The summed E-state index contributed by atoms with van der Waals surface area (Å²) in [6, 6.07) is 1.37. The van der Waals surface area contributed by atoms with Crippen molar-refractivity contribution in [2.24, 2.45) is 16.2 Å². The molecule has 2 N–H and O–H groups in total. The Bertz CT molecular complexity index is 1340. The number of nitrogens with one attached hydrogen (secondary N) is 2. The first-order valence-electron chi connectivity index (χ1n) is 21.9. The molecule has 2 aliphatic heterocycles. The van der Waals surface area contributed by atoms with Crippen molar-refractivity contribution in [2.75, 3.05) is 45.9 Å². The van der Waals surface area contributed by atoms with Crippen molar-refractivity contribution in [1.29, 1.82) is 5.26 Å². The second-order valence-corrected chi connectivity index (χ2v) is 18.6. The number of carbonyl (C=O) groups is 4. The molecule has 0 spiro atoms. The van der Waals surface area contributed by atoms with Gasteiger partial charge in [0.05, 0.1) is 43.2 Å². The Morgan fingerprint density at radius 1 is 0.782 bits per heavy atom. The van der Waals surface area contributed by atoms with Crippen molar-refractivity contribution in [1.82, 2.24) is 20.4 Å². The van der Waals surface area contributed by atoms with Crippen LogP contribution in [-0.4, -0.2) is 103 Å². The molecule has 9 rings (SSSR count). The summed E-state index contributed by atoms with van der Waals surface area (Å²) in [6.07, 6.45) is 21.6. The van der Waals surface area contributed by atoms with E-state index in [9.17, 15) is 28.8 Å². The number of hydrogen-bond donors (Lipinski definition) is 2. The van der Waals surface area contributed by atoms with Gasteiger partial charge in [0.2, 0.25) is 12.3 Å². The molecule has 2 heterocycles. The summed E-state index contributed by atoms with van der Waals surface area (Å²) in [5.74, 6) is -0.251. The lowest BCUT2D eigenvalue weighted by atomic mass is 9.57. The van der Waals surface area contributed by atoms with E-state index in [4.69, 9.17) is 9.47 Å². The van der Waals surface area contributed by atoms with Crippen molar-refractivity contribution < 1.29 is 33.0 Å². The van der Waals surface area contributed by atoms with Crippen LogP contribution in [0.4, 0.5) is 4.39 Å². The van der Waals surface area contributed by atoms with Crippen LogP contribution in [0.5, 0.6) is 0 Å². The monoisotopic (exact) mass is 770 g/mol. The number of fused-ring (bicyclic) bond motifs is 6. The molecule has 55 heavy (non-hydrogen) atoms. The highest BCUT2D eigenvalue weighted by Gasteiger charge is 2.54. The number of hydrogen-bond acceptors (Lipinski definition) is 9. The van der Waals surface area contributed by atoms with E-state index in [1.807, 2.05) is 0 Å². The zero-order chi connectivity index (χ0) is 39.0. The van der Waals surface area contributed by atoms with Crippen molar-refractivity contribution in [3.8, 4) is 6.07 Å². The van der Waals surface area contributed by atoms with Crippen LogP contribution in [0, 0.1) is 27.6 Å². The Labute approximate surface area is 328 Å². The lowest BCUT2D eigenvalue weighted by molar-refractivity contribution is -0.169. The molecular weight excluding hydrogens is 701 g/mol. The summed E-state index contributed by atoms with van der Waals surface area (Å²) in [7, 11) is 0. The van der Waals surface area contributed by atoms with Gasteiger partial charge in [-0.25, -0.2) is 4.39 Å². The first-order valence-corrected chi connectivity index (χ1v) is 21.9. The number of unbranched alkanes of at least 4 members (excludes halogenated alkanes) is 1. The van der Waals surface area contributed by atoms with E-state index in [1.54, 1.807) is 4.90 Å². The average molecular weight is 770 g/mol. The first kappa shape index (κ1) is 41.8. The van der Waals surface area contributed by atoms with Gasteiger partial charge < -0.3 is 29.9 Å². The van der Waals surface area contributed by atoms with Gasteiger partial charge in [-0.3, -0.25) is 19.2 Å². The maximum Gasteiger partial charge on any atom is 0.312 e. The summed E-state index contributed by atoms with van der Waals surface area (Å²) in [5.41, 5.74) is -0.605. The minimum Gasteiger partial charge on any atom is -0.465 e. The van der Waals surface area contributed by atoms with Crippen LogP contribution in [0.25, 0.3) is 0 Å². The smallest absolute Gasteiger partial charge is 0.312 e. The average Bonchev–Trinajstić information content (AvgIpc) is 3.91. The van der Waals surface area contributed by atoms with Crippen LogP contribution >= 0.6 is 0 Å². The molecule has 12 heteroatoms. The highest BCUT2D eigenvalue weighted by Crippen LogP contribution is 2.54. The Morgan fingerprint density at radius 2 is 1.35 bits per heavy atom. The fourth-order valence-electron chi connectivity index (χ4n) is 11.3. The van der Waals surface area contributed by atoms with E-state index in [0.29, 0.717) is 13.2 Å². The molecule has 308 valence electrons. The topological polar surface area (TPSA) is 141 Å². The van der Waals surface area contributed by atoms with E-state index < -0.39 is 17.6 Å². The van der Waals surface area contributed by atoms with Crippen LogP contribution in [0.3, 0.4) is 0 Å².